The number of morpholine rings is 1. The zero-order chi connectivity index (χ0) is 13.1. The second-order valence-electron chi connectivity index (χ2n) is 5.26. The van der Waals surface area contributed by atoms with Crippen LogP contribution in [0.4, 0.5) is 0 Å². The Morgan fingerprint density at radius 3 is 2.58 bits per heavy atom. The van der Waals surface area contributed by atoms with E-state index in [9.17, 15) is 4.79 Å². The van der Waals surface area contributed by atoms with Gasteiger partial charge in [0.15, 0.2) is 0 Å². The molecule has 2 aliphatic rings. The van der Waals surface area contributed by atoms with Gasteiger partial charge in [-0.15, -0.1) is 0 Å². The Bertz CT molecular complexity index is 437. The predicted molar refractivity (Wildman–Crippen MR) is 70.0 cm³/mol. The van der Waals surface area contributed by atoms with Gasteiger partial charge in [-0.3, -0.25) is 14.7 Å². The van der Waals surface area contributed by atoms with Gasteiger partial charge in [0.1, 0.15) is 5.69 Å². The van der Waals surface area contributed by atoms with Gasteiger partial charge >= 0.3 is 0 Å². The summed E-state index contributed by atoms with van der Waals surface area (Å²) in [7, 11) is 0. The summed E-state index contributed by atoms with van der Waals surface area (Å²) in [6.45, 7) is 3.11. The quantitative estimate of drug-likeness (QED) is 0.768. The molecule has 1 aromatic heterocycles. The van der Waals surface area contributed by atoms with E-state index >= 15 is 0 Å². The fraction of sp³-hybridized carbons (Fsp3) is 0.643. The standard InChI is InChI=1S/C14H19N3O2/c18-13(12-11-15-5-6-16-12)14(3-1-2-4-14)17-7-9-19-10-8-17/h5-6,11H,1-4,7-10H2. The molecule has 102 valence electrons. The molecular formula is C14H19N3O2. The van der Waals surface area contributed by atoms with E-state index in [4.69, 9.17) is 4.74 Å². The lowest BCUT2D eigenvalue weighted by molar-refractivity contribution is -0.0132. The zero-order valence-electron chi connectivity index (χ0n) is 11.0. The molecule has 2 heterocycles. The molecule has 0 aromatic carbocycles. The number of aromatic nitrogens is 2. The Labute approximate surface area is 113 Å². The van der Waals surface area contributed by atoms with Crippen LogP contribution < -0.4 is 0 Å². The Morgan fingerprint density at radius 1 is 1.21 bits per heavy atom. The van der Waals surface area contributed by atoms with Crippen LogP contribution in [0.5, 0.6) is 0 Å². The molecule has 1 saturated carbocycles. The minimum Gasteiger partial charge on any atom is -0.379 e. The molecule has 0 bridgehead atoms. The van der Waals surface area contributed by atoms with Gasteiger partial charge in [0.25, 0.3) is 0 Å². The van der Waals surface area contributed by atoms with E-state index in [0.717, 1.165) is 52.0 Å². The van der Waals surface area contributed by atoms with E-state index in [-0.39, 0.29) is 11.3 Å². The monoisotopic (exact) mass is 261 g/mol. The molecule has 2 fully saturated rings. The summed E-state index contributed by atoms with van der Waals surface area (Å²) in [5, 5.41) is 0. The lowest BCUT2D eigenvalue weighted by Crippen LogP contribution is -2.56. The molecule has 1 saturated heterocycles. The van der Waals surface area contributed by atoms with Gasteiger partial charge in [-0.05, 0) is 12.8 Å². The van der Waals surface area contributed by atoms with Gasteiger partial charge in [-0.1, -0.05) is 12.8 Å². The van der Waals surface area contributed by atoms with Gasteiger partial charge in [0, 0.05) is 25.5 Å². The van der Waals surface area contributed by atoms with Gasteiger partial charge in [-0.2, -0.15) is 0 Å². The van der Waals surface area contributed by atoms with E-state index in [2.05, 4.69) is 14.9 Å². The minimum atomic E-state index is -0.361. The number of Topliss-reactive ketones (excluding diaryl/α,β-unsaturated/α-hetero) is 1. The van der Waals surface area contributed by atoms with Crippen molar-refractivity contribution in [2.24, 2.45) is 0 Å². The molecule has 1 aromatic rings. The third-order valence-electron chi connectivity index (χ3n) is 4.27. The third-order valence-corrected chi connectivity index (χ3v) is 4.27. The van der Waals surface area contributed by atoms with Crippen LogP contribution in [-0.2, 0) is 4.74 Å². The van der Waals surface area contributed by atoms with Crippen LogP contribution in [0.3, 0.4) is 0 Å². The summed E-state index contributed by atoms with van der Waals surface area (Å²) < 4.78 is 5.41. The molecule has 0 amide bonds. The second kappa shape index (κ2) is 5.35. The number of carbonyl (C=O) groups excluding carboxylic acids is 1. The first-order valence-electron chi connectivity index (χ1n) is 6.96. The topological polar surface area (TPSA) is 55.3 Å². The zero-order valence-corrected chi connectivity index (χ0v) is 11.0. The van der Waals surface area contributed by atoms with Crippen molar-refractivity contribution in [3.05, 3.63) is 24.3 Å². The van der Waals surface area contributed by atoms with Crippen LogP contribution in [-0.4, -0.2) is 52.5 Å². The molecule has 0 atom stereocenters. The summed E-state index contributed by atoms with van der Waals surface area (Å²) in [6.07, 6.45) is 8.88. The molecule has 1 aliphatic heterocycles. The third kappa shape index (κ3) is 2.28. The van der Waals surface area contributed by atoms with Gasteiger partial charge in [0.05, 0.1) is 24.9 Å². The Morgan fingerprint density at radius 2 is 1.95 bits per heavy atom. The maximum atomic E-state index is 12.9. The van der Waals surface area contributed by atoms with E-state index < -0.39 is 0 Å². The number of hydrogen-bond acceptors (Lipinski definition) is 5. The summed E-state index contributed by atoms with van der Waals surface area (Å²) in [4.78, 5) is 23.4. The van der Waals surface area contributed by atoms with Gasteiger partial charge in [-0.25, -0.2) is 4.98 Å². The van der Waals surface area contributed by atoms with Crippen molar-refractivity contribution in [3.63, 3.8) is 0 Å². The summed E-state index contributed by atoms with van der Waals surface area (Å²) >= 11 is 0. The highest BCUT2D eigenvalue weighted by atomic mass is 16.5. The lowest BCUT2D eigenvalue weighted by atomic mass is 9.87. The van der Waals surface area contributed by atoms with Crippen LogP contribution >= 0.6 is 0 Å². The normalized spacial score (nSPS) is 23.4. The van der Waals surface area contributed by atoms with Crippen molar-refractivity contribution in [2.45, 2.75) is 31.2 Å². The molecule has 3 rings (SSSR count). The summed E-state index contributed by atoms with van der Waals surface area (Å²) in [5.41, 5.74) is 0.135. The maximum absolute atomic E-state index is 12.9. The number of nitrogens with zero attached hydrogens (tertiary/aromatic N) is 3. The molecule has 1 aliphatic carbocycles. The van der Waals surface area contributed by atoms with Crippen molar-refractivity contribution in [1.29, 1.82) is 0 Å². The largest absolute Gasteiger partial charge is 0.379 e. The van der Waals surface area contributed by atoms with E-state index in [1.165, 1.54) is 0 Å². The SMILES string of the molecule is O=C(c1cnccn1)C1(N2CCOCC2)CCCC1. The first kappa shape index (κ1) is 12.7. The van der Waals surface area contributed by atoms with E-state index in [1.807, 2.05) is 0 Å². The summed E-state index contributed by atoms with van der Waals surface area (Å²) in [5.74, 6) is 0.139. The van der Waals surface area contributed by atoms with E-state index in [1.54, 1.807) is 18.6 Å². The number of ether oxygens (including phenoxy) is 1. The van der Waals surface area contributed by atoms with E-state index in [0.29, 0.717) is 5.69 Å². The number of rotatable bonds is 3. The Balaban J connectivity index is 1.89. The number of carbonyl (C=O) groups is 1. The molecule has 5 nitrogen and oxygen atoms in total. The average molecular weight is 261 g/mol. The first-order chi connectivity index (χ1) is 9.33. The van der Waals surface area contributed by atoms with Crippen LogP contribution in [0.1, 0.15) is 36.2 Å². The molecule has 19 heavy (non-hydrogen) atoms. The molecule has 0 radical (unpaired) electrons. The van der Waals surface area contributed by atoms with Crippen LogP contribution in [0.15, 0.2) is 18.6 Å². The second-order valence-corrected chi connectivity index (χ2v) is 5.26. The van der Waals surface area contributed by atoms with Crippen molar-refractivity contribution < 1.29 is 9.53 Å². The molecule has 0 spiro atoms. The van der Waals surface area contributed by atoms with Crippen molar-refractivity contribution >= 4 is 5.78 Å². The van der Waals surface area contributed by atoms with Gasteiger partial charge < -0.3 is 4.74 Å². The Hall–Kier alpha value is -1.33. The molecule has 0 unspecified atom stereocenters. The number of ketones is 1. The van der Waals surface area contributed by atoms with Crippen LogP contribution in [0.2, 0.25) is 0 Å². The van der Waals surface area contributed by atoms with Crippen molar-refractivity contribution in [3.8, 4) is 0 Å². The van der Waals surface area contributed by atoms with Crippen LogP contribution in [0.25, 0.3) is 0 Å². The van der Waals surface area contributed by atoms with Gasteiger partial charge in [0.2, 0.25) is 5.78 Å². The molecule has 0 N–H and O–H groups in total. The van der Waals surface area contributed by atoms with Crippen LogP contribution in [0, 0.1) is 0 Å². The Kier molecular flexibility index (Phi) is 3.57. The van der Waals surface area contributed by atoms with Crippen molar-refractivity contribution in [2.75, 3.05) is 26.3 Å². The predicted octanol–water partition coefficient (Wildman–Crippen LogP) is 1.30. The highest BCUT2D eigenvalue weighted by Crippen LogP contribution is 2.38. The lowest BCUT2D eigenvalue weighted by Gasteiger charge is -2.41. The smallest absolute Gasteiger partial charge is 0.202 e. The fourth-order valence-corrected chi connectivity index (χ4v) is 3.29. The average Bonchev–Trinajstić information content (AvgIpc) is 2.99. The highest BCUT2D eigenvalue weighted by molar-refractivity contribution is 6.01. The first-order valence-corrected chi connectivity index (χ1v) is 6.96. The highest BCUT2D eigenvalue weighted by Gasteiger charge is 2.47. The number of hydrogen-bond donors (Lipinski definition) is 0. The molecule has 5 heteroatoms. The van der Waals surface area contributed by atoms with Crippen molar-refractivity contribution in [1.82, 2.24) is 14.9 Å². The minimum absolute atomic E-state index is 0.139. The summed E-state index contributed by atoms with van der Waals surface area (Å²) in [6, 6.07) is 0. The maximum Gasteiger partial charge on any atom is 0.202 e. The molecular weight excluding hydrogens is 242 g/mol. The fourth-order valence-electron chi connectivity index (χ4n) is 3.29.